The highest BCUT2D eigenvalue weighted by molar-refractivity contribution is 6.39. The molecule has 0 heterocycles. The van der Waals surface area contributed by atoms with Crippen LogP contribution in [0.15, 0.2) is 48.5 Å². The van der Waals surface area contributed by atoms with Crippen molar-refractivity contribution in [3.05, 3.63) is 54.1 Å². The van der Waals surface area contributed by atoms with E-state index in [1.807, 2.05) is 30.3 Å². The molecule has 25 heavy (non-hydrogen) atoms. The summed E-state index contributed by atoms with van der Waals surface area (Å²) < 4.78 is 10.3. The third-order valence-electron chi connectivity index (χ3n) is 3.63. The maximum absolute atomic E-state index is 12.0. The van der Waals surface area contributed by atoms with Gasteiger partial charge in [0.1, 0.15) is 11.5 Å². The minimum absolute atomic E-state index is 0.381. The SMILES string of the molecule is COc1ccc(OC)c(NC(=O)C(=O)NCCCc2ccccc2)c1. The van der Waals surface area contributed by atoms with E-state index in [0.717, 1.165) is 12.8 Å². The van der Waals surface area contributed by atoms with Crippen molar-refractivity contribution in [1.82, 2.24) is 5.32 Å². The lowest BCUT2D eigenvalue weighted by Gasteiger charge is -2.11. The van der Waals surface area contributed by atoms with Crippen LogP contribution >= 0.6 is 0 Å². The van der Waals surface area contributed by atoms with Gasteiger partial charge >= 0.3 is 11.8 Å². The first-order valence-corrected chi connectivity index (χ1v) is 7.99. The van der Waals surface area contributed by atoms with Gasteiger partial charge < -0.3 is 20.1 Å². The minimum atomic E-state index is -0.744. The molecule has 132 valence electrons. The van der Waals surface area contributed by atoms with Gasteiger partial charge in [-0.3, -0.25) is 9.59 Å². The number of hydrogen-bond donors (Lipinski definition) is 2. The van der Waals surface area contributed by atoms with Crippen molar-refractivity contribution in [2.24, 2.45) is 0 Å². The van der Waals surface area contributed by atoms with Gasteiger partial charge in [-0.25, -0.2) is 0 Å². The number of amides is 2. The smallest absolute Gasteiger partial charge is 0.313 e. The highest BCUT2D eigenvalue weighted by Gasteiger charge is 2.16. The van der Waals surface area contributed by atoms with E-state index >= 15 is 0 Å². The highest BCUT2D eigenvalue weighted by Crippen LogP contribution is 2.28. The summed E-state index contributed by atoms with van der Waals surface area (Å²) in [7, 11) is 3.01. The third-order valence-corrected chi connectivity index (χ3v) is 3.63. The first-order valence-electron chi connectivity index (χ1n) is 7.99. The molecule has 0 radical (unpaired) electrons. The fraction of sp³-hybridized carbons (Fsp3) is 0.263. The molecule has 0 aliphatic carbocycles. The second kappa shape index (κ2) is 9.32. The molecule has 2 aromatic rings. The molecule has 2 N–H and O–H groups in total. The van der Waals surface area contributed by atoms with E-state index in [-0.39, 0.29) is 0 Å². The summed E-state index contributed by atoms with van der Waals surface area (Å²) in [5.74, 6) is -0.422. The van der Waals surface area contributed by atoms with Crippen molar-refractivity contribution < 1.29 is 19.1 Å². The Balaban J connectivity index is 1.83. The van der Waals surface area contributed by atoms with Crippen LogP contribution in [0.2, 0.25) is 0 Å². The zero-order chi connectivity index (χ0) is 18.1. The number of hydrogen-bond acceptors (Lipinski definition) is 4. The number of anilines is 1. The van der Waals surface area contributed by atoms with E-state index in [9.17, 15) is 9.59 Å². The summed E-state index contributed by atoms with van der Waals surface area (Å²) in [5, 5.41) is 5.15. The third kappa shape index (κ3) is 5.53. The van der Waals surface area contributed by atoms with Crippen LogP contribution in [0.3, 0.4) is 0 Å². The van der Waals surface area contributed by atoms with E-state index in [0.29, 0.717) is 23.7 Å². The van der Waals surface area contributed by atoms with Gasteiger partial charge in [0.15, 0.2) is 0 Å². The molecule has 0 spiro atoms. The molecule has 0 unspecified atom stereocenters. The van der Waals surface area contributed by atoms with Gasteiger partial charge in [0, 0.05) is 12.6 Å². The number of aryl methyl sites for hydroxylation is 1. The lowest BCUT2D eigenvalue weighted by Crippen LogP contribution is -2.36. The summed E-state index contributed by atoms with van der Waals surface area (Å²) in [6.07, 6.45) is 1.60. The van der Waals surface area contributed by atoms with E-state index in [4.69, 9.17) is 9.47 Å². The predicted molar refractivity (Wildman–Crippen MR) is 95.9 cm³/mol. The molecular weight excluding hydrogens is 320 g/mol. The average Bonchev–Trinajstić information content (AvgIpc) is 2.65. The summed E-state index contributed by atoms with van der Waals surface area (Å²) in [5.41, 5.74) is 1.58. The molecule has 0 aliphatic rings. The van der Waals surface area contributed by atoms with E-state index < -0.39 is 11.8 Å². The molecule has 0 bridgehead atoms. The number of methoxy groups -OCH3 is 2. The lowest BCUT2D eigenvalue weighted by atomic mass is 10.1. The first-order chi connectivity index (χ1) is 12.1. The molecule has 6 nitrogen and oxygen atoms in total. The molecule has 0 aromatic heterocycles. The van der Waals surface area contributed by atoms with Crippen LogP contribution in [0.5, 0.6) is 11.5 Å². The first kappa shape index (κ1) is 18.3. The summed E-state index contributed by atoms with van der Waals surface area (Å²) in [6, 6.07) is 14.9. The van der Waals surface area contributed by atoms with E-state index in [1.54, 1.807) is 18.2 Å². The van der Waals surface area contributed by atoms with Crippen LogP contribution < -0.4 is 20.1 Å². The minimum Gasteiger partial charge on any atom is -0.497 e. The molecular formula is C19H22N2O4. The molecule has 0 fully saturated rings. The molecule has 0 atom stereocenters. The Kier molecular flexibility index (Phi) is 6.83. The number of carbonyl (C=O) groups is 2. The summed E-state index contributed by atoms with van der Waals surface area (Å²) in [4.78, 5) is 23.9. The summed E-state index contributed by atoms with van der Waals surface area (Å²) in [6.45, 7) is 0.427. The number of benzene rings is 2. The number of rotatable bonds is 7. The zero-order valence-corrected chi connectivity index (χ0v) is 14.4. The van der Waals surface area contributed by atoms with Gasteiger partial charge in [0.05, 0.1) is 19.9 Å². The largest absolute Gasteiger partial charge is 0.497 e. The van der Waals surface area contributed by atoms with Crippen molar-refractivity contribution in [3.63, 3.8) is 0 Å². The van der Waals surface area contributed by atoms with Crippen molar-refractivity contribution in [3.8, 4) is 11.5 Å². The fourth-order valence-electron chi connectivity index (χ4n) is 2.31. The van der Waals surface area contributed by atoms with Crippen LogP contribution in [-0.4, -0.2) is 32.6 Å². The highest BCUT2D eigenvalue weighted by atomic mass is 16.5. The van der Waals surface area contributed by atoms with Crippen LogP contribution in [0.1, 0.15) is 12.0 Å². The van der Waals surface area contributed by atoms with Gasteiger partial charge in [-0.05, 0) is 30.5 Å². The van der Waals surface area contributed by atoms with Crippen molar-refractivity contribution in [1.29, 1.82) is 0 Å². The van der Waals surface area contributed by atoms with Gasteiger partial charge in [-0.15, -0.1) is 0 Å². The average molecular weight is 342 g/mol. The van der Waals surface area contributed by atoms with Crippen LogP contribution in [0, 0.1) is 0 Å². The molecule has 0 aliphatic heterocycles. The second-order valence-electron chi connectivity index (χ2n) is 5.37. The number of carbonyl (C=O) groups excluding carboxylic acids is 2. The Labute approximate surface area is 147 Å². The topological polar surface area (TPSA) is 76.7 Å². The Morgan fingerprint density at radius 2 is 1.72 bits per heavy atom. The van der Waals surface area contributed by atoms with Crippen LogP contribution in [0.4, 0.5) is 5.69 Å². The Morgan fingerprint density at radius 1 is 0.960 bits per heavy atom. The predicted octanol–water partition coefficient (Wildman–Crippen LogP) is 2.39. The van der Waals surface area contributed by atoms with Crippen LogP contribution in [-0.2, 0) is 16.0 Å². The Hall–Kier alpha value is -3.02. The molecule has 0 saturated carbocycles. The lowest BCUT2D eigenvalue weighted by molar-refractivity contribution is -0.136. The molecule has 2 amide bonds. The van der Waals surface area contributed by atoms with Gasteiger partial charge in [0.25, 0.3) is 0 Å². The quantitative estimate of drug-likeness (QED) is 0.598. The molecule has 2 rings (SSSR count). The van der Waals surface area contributed by atoms with E-state index in [1.165, 1.54) is 19.8 Å². The standard InChI is InChI=1S/C19H22N2O4/c1-24-15-10-11-17(25-2)16(13-15)21-19(23)18(22)20-12-6-9-14-7-4-3-5-8-14/h3-5,7-8,10-11,13H,6,9,12H2,1-2H3,(H,20,22)(H,21,23). The second-order valence-corrected chi connectivity index (χ2v) is 5.37. The Morgan fingerprint density at radius 3 is 2.40 bits per heavy atom. The summed E-state index contributed by atoms with van der Waals surface area (Å²) >= 11 is 0. The van der Waals surface area contributed by atoms with E-state index in [2.05, 4.69) is 10.6 Å². The van der Waals surface area contributed by atoms with Gasteiger partial charge in [0.2, 0.25) is 0 Å². The molecule has 0 saturated heterocycles. The molecule has 6 heteroatoms. The van der Waals surface area contributed by atoms with Crippen molar-refractivity contribution in [2.75, 3.05) is 26.1 Å². The van der Waals surface area contributed by atoms with Crippen LogP contribution in [0.25, 0.3) is 0 Å². The molecule has 2 aromatic carbocycles. The normalized spacial score (nSPS) is 10.0. The fourth-order valence-corrected chi connectivity index (χ4v) is 2.31. The van der Waals surface area contributed by atoms with Crippen molar-refractivity contribution >= 4 is 17.5 Å². The van der Waals surface area contributed by atoms with Crippen molar-refractivity contribution in [2.45, 2.75) is 12.8 Å². The number of nitrogens with one attached hydrogen (secondary N) is 2. The van der Waals surface area contributed by atoms with Gasteiger partial charge in [-0.1, -0.05) is 30.3 Å². The Bertz CT molecular complexity index is 717. The number of ether oxygens (including phenoxy) is 2. The maximum atomic E-state index is 12.0. The monoisotopic (exact) mass is 342 g/mol. The zero-order valence-electron chi connectivity index (χ0n) is 14.4. The maximum Gasteiger partial charge on any atom is 0.313 e. The van der Waals surface area contributed by atoms with Gasteiger partial charge in [-0.2, -0.15) is 0 Å².